The van der Waals surface area contributed by atoms with Gasteiger partial charge in [0.25, 0.3) is 0 Å². The van der Waals surface area contributed by atoms with Gasteiger partial charge in [-0.1, -0.05) is 115 Å². The van der Waals surface area contributed by atoms with Gasteiger partial charge in [0.05, 0.1) is 6.10 Å². The average molecular weight is 369 g/mol. The first-order chi connectivity index (χ1) is 13.8. The predicted octanol–water partition coefficient (Wildman–Crippen LogP) is 6.41. The van der Waals surface area contributed by atoms with Gasteiger partial charge in [0, 0.05) is 0 Å². The minimum absolute atomic E-state index is 0.186. The van der Waals surface area contributed by atoms with Crippen molar-refractivity contribution in [3.63, 3.8) is 0 Å². The highest BCUT2D eigenvalue weighted by atomic mass is 16.3. The molecule has 0 aliphatic heterocycles. The maximum Gasteiger partial charge on any atom is 0.0552 e. The molecule has 28 heavy (non-hydrogen) atoms. The molecular weight excluding hydrogens is 340 g/mol. The zero-order valence-corrected chi connectivity index (χ0v) is 16.2. The van der Waals surface area contributed by atoms with E-state index in [1.807, 2.05) is 42.5 Å². The summed E-state index contributed by atoms with van der Waals surface area (Å²) >= 11 is 0. The topological polar surface area (TPSA) is 20.2 Å². The molecule has 3 aromatic carbocycles. The van der Waals surface area contributed by atoms with Crippen molar-refractivity contribution in [1.82, 2.24) is 0 Å². The summed E-state index contributed by atoms with van der Waals surface area (Å²) in [5.74, 6) is 0.186. The number of hydrogen-bond acceptors (Lipinski definition) is 1. The zero-order chi connectivity index (χ0) is 19.4. The molecule has 1 atom stereocenters. The van der Waals surface area contributed by atoms with Gasteiger partial charge in [0.1, 0.15) is 0 Å². The van der Waals surface area contributed by atoms with Crippen LogP contribution in [-0.4, -0.2) is 11.2 Å². The summed E-state index contributed by atoms with van der Waals surface area (Å²) in [6.07, 6.45) is 10.7. The van der Waals surface area contributed by atoms with Crippen LogP contribution in [0.15, 0.2) is 103 Å². The van der Waals surface area contributed by atoms with Crippen LogP contribution < -0.4 is 0 Å². The van der Waals surface area contributed by atoms with Crippen LogP contribution in [0.5, 0.6) is 0 Å². The van der Waals surface area contributed by atoms with E-state index in [-0.39, 0.29) is 12.0 Å². The lowest BCUT2D eigenvalue weighted by Gasteiger charge is -2.15. The molecule has 1 nitrogen and oxygen atoms in total. The van der Waals surface area contributed by atoms with Crippen molar-refractivity contribution in [3.05, 3.63) is 120 Å². The van der Waals surface area contributed by atoms with E-state index >= 15 is 0 Å². The van der Waals surface area contributed by atoms with Gasteiger partial charge < -0.3 is 5.11 Å². The Morgan fingerprint density at radius 1 is 0.643 bits per heavy atom. The van der Waals surface area contributed by atoms with Crippen LogP contribution in [0.3, 0.4) is 0 Å². The third-order valence-corrected chi connectivity index (χ3v) is 4.82. The molecule has 0 radical (unpaired) electrons. The molecule has 0 saturated heterocycles. The molecule has 142 valence electrons. The van der Waals surface area contributed by atoms with Crippen LogP contribution in [0.4, 0.5) is 0 Å². The van der Waals surface area contributed by atoms with Gasteiger partial charge in [-0.2, -0.15) is 0 Å². The molecule has 1 N–H and O–H groups in total. The first kappa shape index (κ1) is 19.9. The van der Waals surface area contributed by atoms with Crippen LogP contribution in [0.1, 0.15) is 29.5 Å². The number of rotatable bonds is 9. The highest BCUT2D eigenvalue weighted by molar-refractivity contribution is 5.52. The van der Waals surface area contributed by atoms with Gasteiger partial charge in [-0.3, -0.25) is 0 Å². The molecule has 0 unspecified atom stereocenters. The third-order valence-electron chi connectivity index (χ3n) is 4.82. The first-order valence-corrected chi connectivity index (χ1v) is 9.98. The highest BCUT2D eigenvalue weighted by Gasteiger charge is 2.10. The number of aryl methyl sites for hydroxylation is 1. The predicted molar refractivity (Wildman–Crippen MR) is 120 cm³/mol. The second-order valence-electron chi connectivity index (χ2n) is 7.12. The van der Waals surface area contributed by atoms with E-state index < -0.39 is 0 Å². The Morgan fingerprint density at radius 2 is 1.11 bits per heavy atom. The van der Waals surface area contributed by atoms with Crippen LogP contribution in [0, 0.1) is 5.92 Å². The van der Waals surface area contributed by atoms with Crippen molar-refractivity contribution in [1.29, 1.82) is 0 Å². The SMILES string of the molecule is O[C@@H](CCc1ccccc1)CC(/C=C/c1ccccc1)/C=C/c1ccccc1. The van der Waals surface area contributed by atoms with Crippen LogP contribution >= 0.6 is 0 Å². The Morgan fingerprint density at radius 3 is 1.61 bits per heavy atom. The molecule has 1 heteroatoms. The van der Waals surface area contributed by atoms with Crippen molar-refractivity contribution in [3.8, 4) is 0 Å². The quantitative estimate of drug-likeness (QED) is 0.462. The van der Waals surface area contributed by atoms with Gasteiger partial charge in [0.15, 0.2) is 0 Å². The van der Waals surface area contributed by atoms with Gasteiger partial charge >= 0.3 is 0 Å². The summed E-state index contributed by atoms with van der Waals surface area (Å²) in [6.45, 7) is 0. The molecule has 3 aromatic rings. The largest absolute Gasteiger partial charge is 0.393 e. The van der Waals surface area contributed by atoms with E-state index in [1.165, 1.54) is 16.7 Å². The molecular formula is C27H28O. The molecule has 0 bridgehead atoms. The van der Waals surface area contributed by atoms with Gasteiger partial charge in [0.2, 0.25) is 0 Å². The third kappa shape index (κ3) is 7.02. The molecule has 0 amide bonds. The minimum atomic E-state index is -0.328. The number of allylic oxidation sites excluding steroid dienone is 2. The summed E-state index contributed by atoms with van der Waals surface area (Å²) in [5.41, 5.74) is 3.64. The van der Waals surface area contributed by atoms with Crippen LogP contribution in [0.2, 0.25) is 0 Å². The van der Waals surface area contributed by atoms with Crippen LogP contribution in [0.25, 0.3) is 12.2 Å². The summed E-state index contributed by atoms with van der Waals surface area (Å²) < 4.78 is 0. The Balaban J connectivity index is 1.64. The Kier molecular flexibility index (Phi) is 7.84. The zero-order valence-electron chi connectivity index (χ0n) is 16.2. The smallest absolute Gasteiger partial charge is 0.0552 e. The normalized spacial score (nSPS) is 12.8. The van der Waals surface area contributed by atoms with E-state index in [9.17, 15) is 5.11 Å². The molecule has 0 aliphatic rings. The summed E-state index contributed by atoms with van der Waals surface area (Å²) in [5, 5.41) is 10.6. The lowest BCUT2D eigenvalue weighted by molar-refractivity contribution is 0.147. The van der Waals surface area contributed by atoms with E-state index in [0.29, 0.717) is 0 Å². The van der Waals surface area contributed by atoms with Gasteiger partial charge in [-0.25, -0.2) is 0 Å². The molecule has 0 fully saturated rings. The van der Waals surface area contributed by atoms with E-state index in [1.54, 1.807) is 0 Å². The molecule has 0 aromatic heterocycles. The minimum Gasteiger partial charge on any atom is -0.393 e. The summed E-state index contributed by atoms with van der Waals surface area (Å²) in [4.78, 5) is 0. The Labute approximate surface area is 168 Å². The first-order valence-electron chi connectivity index (χ1n) is 9.98. The maximum atomic E-state index is 10.6. The van der Waals surface area contributed by atoms with E-state index in [2.05, 4.69) is 72.8 Å². The van der Waals surface area contributed by atoms with Crippen molar-refractivity contribution in [2.75, 3.05) is 0 Å². The Hall–Kier alpha value is -2.90. The van der Waals surface area contributed by atoms with E-state index in [0.717, 1.165) is 19.3 Å². The second-order valence-corrected chi connectivity index (χ2v) is 7.12. The van der Waals surface area contributed by atoms with Crippen LogP contribution in [-0.2, 0) is 6.42 Å². The molecule has 0 aliphatic carbocycles. The molecule has 0 saturated carbocycles. The van der Waals surface area contributed by atoms with Crippen molar-refractivity contribution in [2.24, 2.45) is 5.92 Å². The summed E-state index contributed by atoms with van der Waals surface area (Å²) in [7, 11) is 0. The number of benzene rings is 3. The average Bonchev–Trinajstić information content (AvgIpc) is 2.76. The number of hydrogen-bond donors (Lipinski definition) is 1. The Bertz CT molecular complexity index is 801. The van der Waals surface area contributed by atoms with Crippen molar-refractivity contribution >= 4 is 12.2 Å². The fourth-order valence-electron chi connectivity index (χ4n) is 3.23. The van der Waals surface area contributed by atoms with E-state index in [4.69, 9.17) is 0 Å². The molecule has 0 heterocycles. The fourth-order valence-corrected chi connectivity index (χ4v) is 3.23. The second kappa shape index (κ2) is 11.1. The van der Waals surface area contributed by atoms with Crippen molar-refractivity contribution in [2.45, 2.75) is 25.4 Å². The monoisotopic (exact) mass is 368 g/mol. The number of aliphatic hydroxyl groups excluding tert-OH is 1. The van der Waals surface area contributed by atoms with Crippen molar-refractivity contribution < 1.29 is 5.11 Å². The maximum absolute atomic E-state index is 10.6. The standard InChI is InChI=1S/C27H28O/c28-27(21-20-25-14-8-3-9-15-25)22-26(18-16-23-10-4-1-5-11-23)19-17-24-12-6-2-7-13-24/h1-19,26-28H,20-22H2/b18-16+,19-17+/t27-/m0/s1. The molecule has 0 spiro atoms. The number of aliphatic hydroxyl groups is 1. The lowest BCUT2D eigenvalue weighted by atomic mass is 9.95. The highest BCUT2D eigenvalue weighted by Crippen LogP contribution is 2.18. The molecule has 3 rings (SSSR count). The van der Waals surface area contributed by atoms with Gasteiger partial charge in [-0.05, 0) is 41.9 Å². The summed E-state index contributed by atoms with van der Waals surface area (Å²) in [6, 6.07) is 31.0. The van der Waals surface area contributed by atoms with Gasteiger partial charge in [-0.15, -0.1) is 0 Å². The lowest BCUT2D eigenvalue weighted by Crippen LogP contribution is -2.12. The fraction of sp³-hybridized carbons (Fsp3) is 0.185.